The number of piperidine rings is 1. The summed E-state index contributed by atoms with van der Waals surface area (Å²) in [5.74, 6) is 1.93. The zero-order valence-electron chi connectivity index (χ0n) is 23.4. The monoisotopic (exact) mass is 535 g/mol. The molecule has 4 aliphatic rings. The number of methoxy groups -OCH3 is 2. The first-order valence-electron chi connectivity index (χ1n) is 14.4. The van der Waals surface area contributed by atoms with Gasteiger partial charge in [-0.3, -0.25) is 9.69 Å². The van der Waals surface area contributed by atoms with Crippen molar-refractivity contribution in [2.45, 2.75) is 69.6 Å². The fourth-order valence-corrected chi connectivity index (χ4v) is 7.89. The Labute approximate surface area is 231 Å². The summed E-state index contributed by atoms with van der Waals surface area (Å²) >= 11 is 0. The van der Waals surface area contributed by atoms with E-state index in [2.05, 4.69) is 46.7 Å². The number of imidazole rings is 1. The van der Waals surface area contributed by atoms with Crippen LogP contribution < -0.4 is 0 Å². The molecule has 5 atom stereocenters. The minimum atomic E-state index is -0.276. The lowest BCUT2D eigenvalue weighted by molar-refractivity contribution is -0.134. The Morgan fingerprint density at radius 1 is 1.00 bits per heavy atom. The first-order chi connectivity index (χ1) is 19.0. The lowest BCUT2D eigenvalue weighted by Crippen LogP contribution is -2.47. The van der Waals surface area contributed by atoms with E-state index in [1.165, 1.54) is 31.2 Å². The van der Waals surface area contributed by atoms with Crippen LogP contribution in [0.25, 0.3) is 0 Å². The zero-order chi connectivity index (χ0) is 27.1. The van der Waals surface area contributed by atoms with Crippen LogP contribution in [0.5, 0.6) is 0 Å². The van der Waals surface area contributed by atoms with Crippen LogP contribution >= 0.6 is 0 Å². The summed E-state index contributed by atoms with van der Waals surface area (Å²) in [5, 5.41) is 0. The molecule has 4 aliphatic heterocycles. The minimum absolute atomic E-state index is 0.0914. The lowest BCUT2D eigenvalue weighted by atomic mass is 9.87. The van der Waals surface area contributed by atoms with Gasteiger partial charge in [0.25, 0.3) is 0 Å². The second kappa shape index (κ2) is 10.9. The average Bonchev–Trinajstić information content (AvgIpc) is 3.59. The van der Waals surface area contributed by atoms with Crippen molar-refractivity contribution in [3.05, 3.63) is 53.1 Å². The number of hydrogen-bond donors (Lipinski definition) is 0. The molecule has 1 aromatic heterocycles. The summed E-state index contributed by atoms with van der Waals surface area (Å²) < 4.78 is 12.6. The SMILES string of the molecule is COCC(=O)N1C[C@H](CN2[C@@H]3CC[C@H]2CC(n2c(C)nc4c2CCN(C(=O)OC)C4)C3)[C@@H](c2ccccc2)C1. The molecule has 9 heteroatoms. The normalized spacial score (nSPS) is 28.5. The number of rotatable bonds is 6. The molecule has 0 saturated carbocycles. The Kier molecular flexibility index (Phi) is 7.37. The molecule has 3 saturated heterocycles. The minimum Gasteiger partial charge on any atom is -0.453 e. The smallest absolute Gasteiger partial charge is 0.409 e. The zero-order valence-corrected chi connectivity index (χ0v) is 23.4. The highest BCUT2D eigenvalue weighted by atomic mass is 16.5. The molecule has 6 rings (SSSR count). The van der Waals surface area contributed by atoms with Crippen LogP contribution in [0.2, 0.25) is 0 Å². The first kappa shape index (κ1) is 26.3. The van der Waals surface area contributed by atoms with Gasteiger partial charge in [0.05, 0.1) is 19.3 Å². The number of amides is 2. The van der Waals surface area contributed by atoms with Gasteiger partial charge < -0.3 is 23.8 Å². The van der Waals surface area contributed by atoms with Gasteiger partial charge >= 0.3 is 6.09 Å². The predicted molar refractivity (Wildman–Crippen MR) is 146 cm³/mol. The molecule has 0 spiro atoms. The number of ether oxygens (including phenoxy) is 2. The Morgan fingerprint density at radius 2 is 1.74 bits per heavy atom. The Bertz CT molecular complexity index is 1190. The van der Waals surface area contributed by atoms with E-state index < -0.39 is 0 Å². The summed E-state index contributed by atoms with van der Waals surface area (Å²) in [7, 11) is 3.03. The molecule has 39 heavy (non-hydrogen) atoms. The third-order valence-electron chi connectivity index (χ3n) is 9.62. The number of aryl methyl sites for hydroxylation is 1. The number of benzene rings is 1. The van der Waals surface area contributed by atoms with Crippen LogP contribution in [-0.2, 0) is 27.2 Å². The Morgan fingerprint density at radius 3 is 2.44 bits per heavy atom. The van der Waals surface area contributed by atoms with Gasteiger partial charge in [-0.25, -0.2) is 9.78 Å². The van der Waals surface area contributed by atoms with Crippen molar-refractivity contribution in [3.8, 4) is 0 Å². The molecule has 2 amide bonds. The third-order valence-corrected chi connectivity index (χ3v) is 9.62. The molecule has 1 unspecified atom stereocenters. The molecule has 3 fully saturated rings. The van der Waals surface area contributed by atoms with Crippen molar-refractivity contribution in [3.63, 3.8) is 0 Å². The molecule has 0 radical (unpaired) electrons. The second-order valence-electron chi connectivity index (χ2n) is 11.8. The number of fused-ring (bicyclic) bond motifs is 3. The van der Waals surface area contributed by atoms with Crippen molar-refractivity contribution in [1.29, 1.82) is 0 Å². The van der Waals surface area contributed by atoms with E-state index in [0.29, 0.717) is 43.1 Å². The largest absolute Gasteiger partial charge is 0.453 e. The summed E-state index contributed by atoms with van der Waals surface area (Å²) in [6.07, 6.45) is 5.30. The van der Waals surface area contributed by atoms with Crippen molar-refractivity contribution >= 4 is 12.0 Å². The van der Waals surface area contributed by atoms with Crippen molar-refractivity contribution in [2.75, 3.05) is 47.0 Å². The van der Waals surface area contributed by atoms with Gasteiger partial charge in [0, 0.05) is 69.4 Å². The molecular formula is C30H41N5O4. The van der Waals surface area contributed by atoms with Crippen LogP contribution in [0.4, 0.5) is 4.79 Å². The highest BCUT2D eigenvalue weighted by Gasteiger charge is 2.45. The van der Waals surface area contributed by atoms with Crippen molar-refractivity contribution in [1.82, 2.24) is 24.3 Å². The summed E-state index contributed by atoms with van der Waals surface area (Å²) in [6.45, 7) is 6.07. The van der Waals surface area contributed by atoms with E-state index >= 15 is 0 Å². The Hall–Kier alpha value is -2.91. The average molecular weight is 536 g/mol. The van der Waals surface area contributed by atoms with Crippen LogP contribution in [0.15, 0.2) is 30.3 Å². The maximum absolute atomic E-state index is 12.7. The number of likely N-dealkylation sites (tertiary alicyclic amines) is 1. The number of aromatic nitrogens is 2. The molecule has 0 N–H and O–H groups in total. The molecule has 1 aromatic carbocycles. The van der Waals surface area contributed by atoms with Crippen molar-refractivity contribution < 1.29 is 19.1 Å². The van der Waals surface area contributed by atoms with E-state index in [1.807, 2.05) is 4.90 Å². The van der Waals surface area contributed by atoms with Gasteiger partial charge in [0.1, 0.15) is 12.4 Å². The van der Waals surface area contributed by atoms with Crippen LogP contribution in [-0.4, -0.2) is 95.3 Å². The second-order valence-corrected chi connectivity index (χ2v) is 11.8. The quantitative estimate of drug-likeness (QED) is 0.564. The van der Waals surface area contributed by atoms with Gasteiger partial charge in [-0.1, -0.05) is 30.3 Å². The fraction of sp³-hybridized carbons (Fsp3) is 0.633. The Balaban J connectivity index is 1.17. The number of carbonyl (C=O) groups excluding carboxylic acids is 2. The van der Waals surface area contributed by atoms with Crippen LogP contribution in [0.1, 0.15) is 60.4 Å². The molecule has 5 heterocycles. The first-order valence-corrected chi connectivity index (χ1v) is 14.4. The number of nitrogens with zero attached hydrogens (tertiary/aromatic N) is 5. The van der Waals surface area contributed by atoms with E-state index in [0.717, 1.165) is 50.4 Å². The summed E-state index contributed by atoms with van der Waals surface area (Å²) in [6, 6.07) is 12.3. The van der Waals surface area contributed by atoms with E-state index in [4.69, 9.17) is 14.5 Å². The third kappa shape index (κ3) is 4.95. The van der Waals surface area contributed by atoms with E-state index in [1.54, 1.807) is 12.0 Å². The van der Waals surface area contributed by atoms with Gasteiger partial charge in [-0.05, 0) is 44.1 Å². The summed E-state index contributed by atoms with van der Waals surface area (Å²) in [5.41, 5.74) is 3.66. The maximum Gasteiger partial charge on any atom is 0.409 e. The molecule has 9 nitrogen and oxygen atoms in total. The van der Waals surface area contributed by atoms with Gasteiger partial charge in [0.2, 0.25) is 5.91 Å². The van der Waals surface area contributed by atoms with Gasteiger partial charge in [0.15, 0.2) is 0 Å². The summed E-state index contributed by atoms with van der Waals surface area (Å²) in [4.78, 5) is 36.3. The molecular weight excluding hydrogens is 494 g/mol. The fourth-order valence-electron chi connectivity index (χ4n) is 7.89. The standard InChI is InChI=1S/C30H41N5O4/c1-20-31-27-18-32(30(37)39-3)12-11-28(27)35(20)25-13-23-9-10-24(14-25)34(23)16-22-15-33(29(36)19-38-2)17-26(22)21-7-5-4-6-8-21/h4-8,22-26H,9-19H2,1-3H3/t22-,23-,24+,25?,26-/m1/s1. The van der Waals surface area contributed by atoms with Gasteiger partial charge in [-0.15, -0.1) is 0 Å². The van der Waals surface area contributed by atoms with Crippen LogP contribution in [0.3, 0.4) is 0 Å². The van der Waals surface area contributed by atoms with Crippen molar-refractivity contribution in [2.24, 2.45) is 5.92 Å². The molecule has 2 aromatic rings. The predicted octanol–water partition coefficient (Wildman–Crippen LogP) is 3.37. The maximum atomic E-state index is 12.7. The van der Waals surface area contributed by atoms with E-state index in [-0.39, 0.29) is 18.6 Å². The molecule has 210 valence electrons. The lowest BCUT2D eigenvalue weighted by Gasteiger charge is -2.42. The molecule has 2 bridgehead atoms. The highest BCUT2D eigenvalue weighted by molar-refractivity contribution is 5.78. The van der Waals surface area contributed by atoms with E-state index in [9.17, 15) is 9.59 Å². The van der Waals surface area contributed by atoms with Gasteiger partial charge in [-0.2, -0.15) is 0 Å². The number of carbonyl (C=O) groups is 2. The molecule has 0 aliphatic carbocycles. The van der Waals surface area contributed by atoms with Crippen LogP contribution in [0, 0.1) is 12.8 Å². The highest BCUT2D eigenvalue weighted by Crippen LogP contribution is 2.44. The number of hydrogen-bond acceptors (Lipinski definition) is 6. The topological polar surface area (TPSA) is 80.1 Å².